The second-order valence-electron chi connectivity index (χ2n) is 11.1. The van der Waals surface area contributed by atoms with E-state index in [1.165, 1.54) is 14.2 Å². The lowest BCUT2D eigenvalue weighted by Crippen LogP contribution is -2.48. The fraction of sp³-hybridized carbons (Fsp3) is 1.00. The molecule has 16 nitrogen and oxygen atoms in total. The van der Waals surface area contributed by atoms with Crippen molar-refractivity contribution in [1.29, 1.82) is 0 Å². The first kappa shape index (κ1) is 31.0. The Morgan fingerprint density at radius 3 is 1.59 bits per heavy atom. The Hall–Kier alpha value is 0.0299. The predicted molar refractivity (Wildman–Crippen MR) is 129 cm³/mol. The fourth-order valence-corrected chi connectivity index (χ4v) is 8.60. The van der Waals surface area contributed by atoms with Gasteiger partial charge in [-0.25, -0.2) is 0 Å². The molecular weight excluding hydrogens is 592 g/mol. The highest BCUT2D eigenvalue weighted by atomic mass is 31.2. The fourth-order valence-electron chi connectivity index (χ4n) is 6.55. The second-order valence-corrected chi connectivity index (χ2v) is 13.8. The van der Waals surface area contributed by atoms with Gasteiger partial charge in [-0.1, -0.05) is 0 Å². The Kier molecular flexibility index (Phi) is 8.20. The van der Waals surface area contributed by atoms with Gasteiger partial charge in [0, 0.05) is 26.2 Å². The second kappa shape index (κ2) is 10.8. The molecule has 6 rings (SSSR count). The van der Waals surface area contributed by atoms with E-state index >= 15 is 0 Å². The Labute approximate surface area is 238 Å². The molecule has 6 fully saturated rings. The summed E-state index contributed by atoms with van der Waals surface area (Å²) >= 11 is 0. The van der Waals surface area contributed by atoms with Crippen LogP contribution < -0.4 is 9.79 Å². The summed E-state index contributed by atoms with van der Waals surface area (Å²) in [6.07, 6.45) is -5.73. The first-order valence-electron chi connectivity index (χ1n) is 13.0. The molecule has 6 heterocycles. The Morgan fingerprint density at radius 1 is 0.732 bits per heavy atom. The quantitative estimate of drug-likeness (QED) is 0.152. The minimum Gasteiger partial charge on any atom is -0.756 e. The maximum Gasteiger partial charge on any atom is 0.268 e. The third-order valence-electron chi connectivity index (χ3n) is 8.35. The molecule has 0 aromatic heterocycles. The summed E-state index contributed by atoms with van der Waals surface area (Å²) in [5.74, 6) is 0. The topological polar surface area (TPSA) is 191 Å². The summed E-state index contributed by atoms with van der Waals surface area (Å²) in [7, 11) is 4.58. The van der Waals surface area contributed by atoms with E-state index in [2.05, 4.69) is 0 Å². The van der Waals surface area contributed by atoms with Crippen LogP contribution in [0.25, 0.3) is 0 Å². The molecule has 0 saturated carbocycles. The molecule has 6 aliphatic heterocycles. The molecule has 41 heavy (non-hydrogen) atoms. The van der Waals surface area contributed by atoms with Crippen molar-refractivity contribution < 1.29 is 74.9 Å². The van der Waals surface area contributed by atoms with Crippen LogP contribution in [0.3, 0.4) is 0 Å². The van der Waals surface area contributed by atoms with Gasteiger partial charge in [-0.3, -0.25) is 9.13 Å². The first-order chi connectivity index (χ1) is 19.3. The van der Waals surface area contributed by atoms with Gasteiger partial charge in [0.25, 0.3) is 15.6 Å². The number of methoxy groups -OCH3 is 2. The number of phosphoric ester groups is 2. The zero-order valence-electron chi connectivity index (χ0n) is 22.5. The highest BCUT2D eigenvalue weighted by Gasteiger charge is 2.65. The van der Waals surface area contributed by atoms with Gasteiger partial charge >= 0.3 is 0 Å². The van der Waals surface area contributed by atoms with Crippen LogP contribution in [0.2, 0.25) is 0 Å². The maximum absolute atomic E-state index is 13.0. The number of rotatable bonds is 13. The van der Waals surface area contributed by atoms with E-state index in [0.717, 1.165) is 0 Å². The van der Waals surface area contributed by atoms with Crippen molar-refractivity contribution in [3.63, 3.8) is 0 Å². The van der Waals surface area contributed by atoms with E-state index in [9.17, 15) is 18.9 Å². The molecule has 5 unspecified atom stereocenters. The first-order valence-corrected chi connectivity index (χ1v) is 15.9. The smallest absolute Gasteiger partial charge is 0.268 e. The Morgan fingerprint density at radius 2 is 1.17 bits per heavy atom. The number of phosphoric acid groups is 2. The molecule has 0 amide bonds. The number of fused-ring (bicyclic) bond motifs is 6. The van der Waals surface area contributed by atoms with Gasteiger partial charge < -0.3 is 65.8 Å². The third kappa shape index (κ3) is 5.25. The van der Waals surface area contributed by atoms with Crippen molar-refractivity contribution in [2.24, 2.45) is 0 Å². The standard InChI is InChI=1S/C21H32B2O16P2/c1-10-11-14(29-3)20(35-10,6-30-11)8-33-40(24,25)39-16-13-18(23)37-21(16,7-32-13)9-34-41(26,27)38-15-12-17(22)36-19(15,4-28-2)5-31-12/h10-18H,4-9H2,1-3H3,(H,24,25)(H,26,27)/p-2/t10-,11+,12-,13-,14?,15?,16?,17+,18+,19-,20+,21+/m0/s1. The van der Waals surface area contributed by atoms with E-state index in [1.807, 2.05) is 0 Å². The summed E-state index contributed by atoms with van der Waals surface area (Å²) in [6, 6.07) is -2.08. The van der Waals surface area contributed by atoms with Crippen LogP contribution in [0.4, 0.5) is 0 Å². The molecule has 228 valence electrons. The van der Waals surface area contributed by atoms with Gasteiger partial charge in [-0.05, 0) is 6.92 Å². The summed E-state index contributed by atoms with van der Waals surface area (Å²) in [4.78, 5) is 25.9. The zero-order chi connectivity index (χ0) is 29.4. The molecule has 0 N–H and O–H groups in total. The largest absolute Gasteiger partial charge is 0.756 e. The van der Waals surface area contributed by atoms with Gasteiger partial charge in [0.15, 0.2) is 0 Å². The minimum atomic E-state index is -5.08. The molecule has 14 atom stereocenters. The molecule has 6 bridgehead atoms. The molecule has 6 aliphatic rings. The van der Waals surface area contributed by atoms with Crippen LogP contribution in [-0.4, -0.2) is 141 Å². The van der Waals surface area contributed by atoms with E-state index in [0.29, 0.717) is 0 Å². The highest BCUT2D eigenvalue weighted by Crippen LogP contribution is 2.54. The predicted octanol–water partition coefficient (Wildman–Crippen LogP) is -2.73. The molecule has 4 radical (unpaired) electrons. The minimum absolute atomic E-state index is 0.000852. The van der Waals surface area contributed by atoms with Crippen molar-refractivity contribution in [3.05, 3.63) is 0 Å². The summed E-state index contributed by atoms with van der Waals surface area (Å²) in [6.45, 7) is 0.340. The monoisotopic (exact) mass is 622 g/mol. The van der Waals surface area contributed by atoms with Gasteiger partial charge in [0.05, 0.1) is 45.7 Å². The van der Waals surface area contributed by atoms with Gasteiger partial charge in [0.1, 0.15) is 69.1 Å². The molecule has 6 saturated heterocycles. The van der Waals surface area contributed by atoms with E-state index in [4.69, 9.17) is 71.7 Å². The number of hydrogen-bond donors (Lipinski definition) is 0. The molecular formula is C21H30B2O16P2-2. The van der Waals surface area contributed by atoms with Crippen LogP contribution in [0.15, 0.2) is 0 Å². The van der Waals surface area contributed by atoms with Crippen molar-refractivity contribution in [3.8, 4) is 0 Å². The summed E-state index contributed by atoms with van der Waals surface area (Å²) in [5.41, 5.74) is -4.12. The average Bonchev–Trinajstić information content (AvgIpc) is 3.69. The van der Waals surface area contributed by atoms with Crippen molar-refractivity contribution in [1.82, 2.24) is 0 Å². The van der Waals surface area contributed by atoms with E-state index in [1.54, 1.807) is 6.92 Å². The normalized spacial score (nSPS) is 50.9. The highest BCUT2D eigenvalue weighted by molar-refractivity contribution is 7.46. The summed E-state index contributed by atoms with van der Waals surface area (Å²) < 4.78 is 91.5. The third-order valence-corrected chi connectivity index (χ3v) is 10.2. The van der Waals surface area contributed by atoms with Crippen LogP contribution in [0.1, 0.15) is 6.92 Å². The zero-order valence-corrected chi connectivity index (χ0v) is 24.3. The van der Waals surface area contributed by atoms with Gasteiger partial charge in [-0.2, -0.15) is 0 Å². The van der Waals surface area contributed by atoms with Crippen LogP contribution >= 0.6 is 15.6 Å². The van der Waals surface area contributed by atoms with Crippen molar-refractivity contribution in [2.75, 3.05) is 53.9 Å². The SMILES string of the molecule is [B][C@@H]1O[C@@]2(COP(=O)([O-])OC3[C@@H]4OC[C@]3(COC)O[C@H]4[B])CO[C@H]1C2OP(=O)([O-])OC[C@]12CO[C@@H](C1OC)[C@H](C)O2. The maximum atomic E-state index is 13.0. The lowest BCUT2D eigenvalue weighted by atomic mass is 9.92. The molecule has 0 aromatic carbocycles. The summed E-state index contributed by atoms with van der Waals surface area (Å²) in [5, 5.41) is 0. The van der Waals surface area contributed by atoms with E-state index < -0.39 is 88.2 Å². The lowest BCUT2D eigenvalue weighted by Gasteiger charge is -2.37. The van der Waals surface area contributed by atoms with Crippen LogP contribution in [0, 0.1) is 0 Å². The van der Waals surface area contributed by atoms with Crippen molar-refractivity contribution >= 4 is 31.3 Å². The average molecular weight is 622 g/mol. The van der Waals surface area contributed by atoms with Gasteiger partial charge in [0.2, 0.25) is 0 Å². The van der Waals surface area contributed by atoms with E-state index in [-0.39, 0.29) is 38.6 Å². The number of hydrogen-bond acceptors (Lipinski definition) is 16. The molecule has 0 spiro atoms. The Balaban J connectivity index is 1.11. The van der Waals surface area contributed by atoms with Crippen LogP contribution in [-0.2, 0) is 65.1 Å². The molecule has 0 aliphatic carbocycles. The number of ether oxygens (including phenoxy) is 8. The van der Waals surface area contributed by atoms with Gasteiger partial charge in [-0.15, -0.1) is 0 Å². The van der Waals surface area contributed by atoms with Crippen LogP contribution in [0.5, 0.6) is 0 Å². The Bertz CT molecular complexity index is 1110. The lowest BCUT2D eigenvalue weighted by molar-refractivity contribution is -0.246. The van der Waals surface area contributed by atoms with Crippen molar-refractivity contribution in [2.45, 2.75) is 78.5 Å². The molecule has 0 aromatic rings. The molecule has 20 heteroatoms.